The van der Waals surface area contributed by atoms with Crippen molar-refractivity contribution >= 4 is 8.38 Å². The van der Waals surface area contributed by atoms with Crippen LogP contribution in [0.3, 0.4) is 0 Å². The summed E-state index contributed by atoms with van der Waals surface area (Å²) in [5, 5.41) is 10.8. The summed E-state index contributed by atoms with van der Waals surface area (Å²) in [5.74, 6) is 0.498. The van der Waals surface area contributed by atoms with Gasteiger partial charge in [0.15, 0.2) is 5.85 Å². The van der Waals surface area contributed by atoms with Gasteiger partial charge in [-0.05, 0) is 36.8 Å². The summed E-state index contributed by atoms with van der Waals surface area (Å²) in [7, 11) is -1.61. The molecule has 3 aromatic rings. The van der Waals surface area contributed by atoms with E-state index in [0.29, 0.717) is 11.5 Å². The molecule has 122 valence electrons. The minimum Gasteiger partial charge on any atom is -0.437 e. The summed E-state index contributed by atoms with van der Waals surface area (Å²) < 4.78 is 11.9. The molecule has 0 amide bonds. The van der Waals surface area contributed by atoms with E-state index in [-0.39, 0.29) is 0 Å². The average Bonchev–Trinajstić information content (AvgIpc) is 2.62. The SMILES string of the molecule is Cc1cccc(C(O)P(Oc2ccccc2)Oc2ccccc2)c1. The van der Waals surface area contributed by atoms with Crippen LogP contribution >= 0.6 is 8.38 Å². The van der Waals surface area contributed by atoms with Gasteiger partial charge in [-0.25, -0.2) is 0 Å². The van der Waals surface area contributed by atoms with Crippen molar-refractivity contribution < 1.29 is 14.2 Å². The zero-order chi connectivity index (χ0) is 16.8. The molecule has 1 unspecified atom stereocenters. The molecule has 0 aliphatic rings. The fourth-order valence-electron chi connectivity index (χ4n) is 2.24. The monoisotopic (exact) mass is 338 g/mol. The van der Waals surface area contributed by atoms with Gasteiger partial charge in [0.2, 0.25) is 0 Å². The van der Waals surface area contributed by atoms with E-state index < -0.39 is 14.2 Å². The second kappa shape index (κ2) is 7.96. The zero-order valence-corrected chi connectivity index (χ0v) is 14.3. The van der Waals surface area contributed by atoms with Crippen molar-refractivity contribution in [3.63, 3.8) is 0 Å². The second-order valence-electron chi connectivity index (χ2n) is 5.38. The van der Waals surface area contributed by atoms with Gasteiger partial charge in [0, 0.05) is 0 Å². The maximum Gasteiger partial charge on any atom is 0.326 e. The van der Waals surface area contributed by atoms with Gasteiger partial charge in [-0.3, -0.25) is 0 Å². The summed E-state index contributed by atoms with van der Waals surface area (Å²) in [6.45, 7) is 1.99. The topological polar surface area (TPSA) is 38.7 Å². The lowest BCUT2D eigenvalue weighted by molar-refractivity contribution is 0.237. The first-order valence-electron chi connectivity index (χ1n) is 7.72. The molecule has 0 aliphatic heterocycles. The molecule has 0 heterocycles. The molecule has 0 fully saturated rings. The molecule has 1 atom stereocenters. The summed E-state index contributed by atoms with van der Waals surface area (Å²) in [5.41, 5.74) is 1.87. The van der Waals surface area contributed by atoms with E-state index in [1.807, 2.05) is 91.9 Å². The number of rotatable bonds is 6. The molecule has 1 N–H and O–H groups in total. The highest BCUT2D eigenvalue weighted by Crippen LogP contribution is 2.51. The van der Waals surface area contributed by atoms with Crippen LogP contribution in [0.5, 0.6) is 11.5 Å². The van der Waals surface area contributed by atoms with Crippen LogP contribution in [0.1, 0.15) is 17.0 Å². The first kappa shape index (κ1) is 16.5. The van der Waals surface area contributed by atoms with Gasteiger partial charge >= 0.3 is 8.38 Å². The zero-order valence-electron chi connectivity index (χ0n) is 13.4. The number of aliphatic hydroxyl groups excluding tert-OH is 1. The first-order chi connectivity index (χ1) is 11.7. The Morgan fingerprint density at radius 3 is 1.79 bits per heavy atom. The van der Waals surface area contributed by atoms with Crippen LogP contribution in [-0.2, 0) is 0 Å². The summed E-state index contributed by atoms with van der Waals surface area (Å²) in [4.78, 5) is 0. The second-order valence-corrected chi connectivity index (χ2v) is 6.81. The Labute approximate surface area is 143 Å². The predicted octanol–water partition coefficient (Wildman–Crippen LogP) is 5.46. The van der Waals surface area contributed by atoms with Crippen molar-refractivity contribution in [2.45, 2.75) is 12.8 Å². The third-order valence-electron chi connectivity index (χ3n) is 3.42. The maximum atomic E-state index is 10.8. The number of para-hydroxylation sites is 2. The van der Waals surface area contributed by atoms with E-state index >= 15 is 0 Å². The van der Waals surface area contributed by atoms with Gasteiger partial charge in [0.1, 0.15) is 11.5 Å². The number of aliphatic hydroxyl groups is 1. The summed E-state index contributed by atoms with van der Waals surface area (Å²) in [6.07, 6.45) is 0. The van der Waals surface area contributed by atoms with E-state index in [9.17, 15) is 5.11 Å². The molecule has 24 heavy (non-hydrogen) atoms. The van der Waals surface area contributed by atoms with Crippen LogP contribution in [0.15, 0.2) is 84.9 Å². The van der Waals surface area contributed by atoms with E-state index in [4.69, 9.17) is 9.05 Å². The lowest BCUT2D eigenvalue weighted by atomic mass is 10.1. The Morgan fingerprint density at radius 1 is 0.750 bits per heavy atom. The molecule has 0 radical (unpaired) electrons. The minimum absolute atomic E-state index is 0.672. The summed E-state index contributed by atoms with van der Waals surface area (Å²) in [6, 6.07) is 26.6. The van der Waals surface area contributed by atoms with Crippen molar-refractivity contribution in [3.8, 4) is 11.5 Å². The fourth-order valence-corrected chi connectivity index (χ4v) is 3.54. The van der Waals surface area contributed by atoms with Crippen molar-refractivity contribution in [1.29, 1.82) is 0 Å². The quantitative estimate of drug-likeness (QED) is 0.607. The third-order valence-corrected chi connectivity index (χ3v) is 4.90. The molecule has 0 saturated heterocycles. The number of hydrogen-bond donors (Lipinski definition) is 1. The smallest absolute Gasteiger partial charge is 0.326 e. The van der Waals surface area contributed by atoms with Gasteiger partial charge < -0.3 is 14.2 Å². The van der Waals surface area contributed by atoms with E-state index in [0.717, 1.165) is 11.1 Å². The van der Waals surface area contributed by atoms with Crippen molar-refractivity contribution in [3.05, 3.63) is 96.1 Å². The first-order valence-corrected chi connectivity index (χ1v) is 8.97. The molecule has 3 nitrogen and oxygen atoms in total. The number of aryl methyl sites for hydroxylation is 1. The lowest BCUT2D eigenvalue weighted by Gasteiger charge is -2.23. The fraction of sp³-hybridized carbons (Fsp3) is 0.100. The Kier molecular flexibility index (Phi) is 5.47. The maximum absolute atomic E-state index is 10.8. The Balaban J connectivity index is 1.85. The van der Waals surface area contributed by atoms with E-state index in [1.165, 1.54) is 0 Å². The van der Waals surface area contributed by atoms with Crippen molar-refractivity contribution in [1.82, 2.24) is 0 Å². The van der Waals surface area contributed by atoms with Crippen molar-refractivity contribution in [2.24, 2.45) is 0 Å². The molecule has 0 spiro atoms. The van der Waals surface area contributed by atoms with Crippen LogP contribution in [0.2, 0.25) is 0 Å². The number of benzene rings is 3. The van der Waals surface area contributed by atoms with Crippen LogP contribution in [0.4, 0.5) is 0 Å². The van der Waals surface area contributed by atoms with Gasteiger partial charge in [0.25, 0.3) is 0 Å². The van der Waals surface area contributed by atoms with Gasteiger partial charge in [-0.1, -0.05) is 66.2 Å². The van der Waals surface area contributed by atoms with Crippen LogP contribution in [0.25, 0.3) is 0 Å². The highest BCUT2D eigenvalue weighted by Gasteiger charge is 2.27. The van der Waals surface area contributed by atoms with E-state index in [2.05, 4.69) is 0 Å². The molecule has 0 aliphatic carbocycles. The van der Waals surface area contributed by atoms with Crippen LogP contribution in [-0.4, -0.2) is 5.11 Å². The Bertz CT molecular complexity index is 721. The van der Waals surface area contributed by atoms with Gasteiger partial charge in [-0.2, -0.15) is 0 Å². The molecule has 0 aromatic heterocycles. The van der Waals surface area contributed by atoms with E-state index in [1.54, 1.807) is 0 Å². The lowest BCUT2D eigenvalue weighted by Crippen LogP contribution is -2.06. The molecule has 3 aromatic carbocycles. The molecular formula is C20H19O3P. The molecular weight excluding hydrogens is 319 g/mol. The number of hydrogen-bond acceptors (Lipinski definition) is 3. The molecule has 0 saturated carbocycles. The Hall–Kier alpha value is -2.35. The Morgan fingerprint density at radius 2 is 1.29 bits per heavy atom. The average molecular weight is 338 g/mol. The highest BCUT2D eigenvalue weighted by molar-refractivity contribution is 7.48. The molecule has 0 bridgehead atoms. The van der Waals surface area contributed by atoms with Gasteiger partial charge in [-0.15, -0.1) is 0 Å². The molecule has 4 heteroatoms. The largest absolute Gasteiger partial charge is 0.437 e. The minimum atomic E-state index is -1.61. The molecule has 3 rings (SSSR count). The summed E-state index contributed by atoms with van der Waals surface area (Å²) >= 11 is 0. The highest BCUT2D eigenvalue weighted by atomic mass is 31.2. The third kappa shape index (κ3) is 4.35. The predicted molar refractivity (Wildman–Crippen MR) is 97.2 cm³/mol. The van der Waals surface area contributed by atoms with Crippen LogP contribution < -0.4 is 9.05 Å². The van der Waals surface area contributed by atoms with Crippen molar-refractivity contribution in [2.75, 3.05) is 0 Å². The normalized spacial score (nSPS) is 12.0. The van der Waals surface area contributed by atoms with Crippen LogP contribution in [0, 0.1) is 6.92 Å². The van der Waals surface area contributed by atoms with Gasteiger partial charge in [0.05, 0.1) is 0 Å². The standard InChI is InChI=1S/C20H19O3P/c1-16-9-8-10-17(15-16)20(21)24(22-18-11-4-2-5-12-18)23-19-13-6-3-7-14-19/h2-15,20-21H,1H3.